The molecular weight excluding hydrogens is 198 g/mol. The van der Waals surface area contributed by atoms with Crippen LogP contribution in [0, 0.1) is 0 Å². The lowest BCUT2D eigenvalue weighted by atomic mass is 10.0. The summed E-state index contributed by atoms with van der Waals surface area (Å²) in [6.07, 6.45) is 2.46. The number of fused-ring (bicyclic) bond motifs is 1. The van der Waals surface area contributed by atoms with Crippen molar-refractivity contribution in [2.24, 2.45) is 0 Å². The van der Waals surface area contributed by atoms with Gasteiger partial charge < -0.3 is 9.78 Å². The van der Waals surface area contributed by atoms with Gasteiger partial charge in [0.15, 0.2) is 0 Å². The highest BCUT2D eigenvalue weighted by atomic mass is 16.1. The Morgan fingerprint density at radius 1 is 1.31 bits per heavy atom. The lowest BCUT2D eigenvalue weighted by molar-refractivity contribution is -0.116. The van der Waals surface area contributed by atoms with Crippen molar-refractivity contribution in [1.82, 2.24) is 4.98 Å². The molecule has 2 nitrogen and oxygen atoms in total. The smallest absolute Gasteiger partial charge is 0.130 e. The summed E-state index contributed by atoms with van der Waals surface area (Å²) in [5.41, 5.74) is 3.76. The Bertz CT molecular complexity index is 510. The molecule has 0 fully saturated rings. The zero-order valence-electron chi connectivity index (χ0n) is 9.84. The Hall–Kier alpha value is -1.57. The fourth-order valence-electron chi connectivity index (χ4n) is 2.17. The fraction of sp³-hybridized carbons (Fsp3) is 0.357. The third-order valence-corrected chi connectivity index (χ3v) is 2.98. The van der Waals surface area contributed by atoms with Crippen molar-refractivity contribution in [3.8, 4) is 0 Å². The summed E-state index contributed by atoms with van der Waals surface area (Å²) in [6, 6.07) is 8.32. The summed E-state index contributed by atoms with van der Waals surface area (Å²) >= 11 is 0. The van der Waals surface area contributed by atoms with Crippen LogP contribution in [0.2, 0.25) is 0 Å². The molecule has 1 aromatic heterocycles. The summed E-state index contributed by atoms with van der Waals surface area (Å²) in [5, 5.41) is 1.29. The minimum atomic E-state index is 0.251. The van der Waals surface area contributed by atoms with E-state index in [0.29, 0.717) is 6.42 Å². The minimum absolute atomic E-state index is 0.251. The van der Waals surface area contributed by atoms with E-state index in [9.17, 15) is 4.79 Å². The first-order chi connectivity index (χ1) is 7.72. The first kappa shape index (κ1) is 10.9. The number of carbonyl (C=O) groups is 1. The molecule has 2 heteroatoms. The molecule has 1 N–H and O–H groups in total. The number of ketones is 1. The molecule has 0 amide bonds. The molecule has 0 unspecified atom stereocenters. The van der Waals surface area contributed by atoms with E-state index in [2.05, 4.69) is 30.1 Å². The van der Waals surface area contributed by atoms with E-state index >= 15 is 0 Å². The zero-order chi connectivity index (χ0) is 11.5. The number of hydrogen-bond acceptors (Lipinski definition) is 1. The predicted molar refractivity (Wildman–Crippen MR) is 66.7 cm³/mol. The number of aromatic amines is 1. The van der Waals surface area contributed by atoms with Gasteiger partial charge in [-0.2, -0.15) is 0 Å². The maximum atomic E-state index is 11.0. The van der Waals surface area contributed by atoms with Crippen molar-refractivity contribution in [3.05, 3.63) is 35.5 Å². The third-order valence-electron chi connectivity index (χ3n) is 2.98. The van der Waals surface area contributed by atoms with Gasteiger partial charge in [-0.05, 0) is 31.4 Å². The van der Waals surface area contributed by atoms with Crippen LogP contribution >= 0.6 is 0 Å². The molecule has 0 saturated carbocycles. The molecule has 0 aliphatic rings. The average molecular weight is 215 g/mol. The van der Waals surface area contributed by atoms with Crippen LogP contribution in [0.25, 0.3) is 10.9 Å². The lowest BCUT2D eigenvalue weighted by Crippen LogP contribution is -1.96. The summed E-state index contributed by atoms with van der Waals surface area (Å²) in [4.78, 5) is 14.4. The SMILES string of the molecule is CCc1c(CCC(C)=O)[nH]c2ccccc12. The predicted octanol–water partition coefficient (Wildman–Crippen LogP) is 3.25. The Balaban J connectivity index is 2.40. The molecule has 0 bridgehead atoms. The van der Waals surface area contributed by atoms with Gasteiger partial charge in [0.05, 0.1) is 0 Å². The van der Waals surface area contributed by atoms with Crippen LogP contribution < -0.4 is 0 Å². The summed E-state index contributed by atoms with van der Waals surface area (Å²) in [5.74, 6) is 0.251. The van der Waals surface area contributed by atoms with Crippen LogP contribution in [-0.2, 0) is 17.6 Å². The second-order valence-corrected chi connectivity index (χ2v) is 4.18. The van der Waals surface area contributed by atoms with E-state index < -0.39 is 0 Å². The monoisotopic (exact) mass is 215 g/mol. The van der Waals surface area contributed by atoms with E-state index in [4.69, 9.17) is 0 Å². The number of aryl methyl sites for hydroxylation is 2. The fourth-order valence-corrected chi connectivity index (χ4v) is 2.17. The molecular formula is C14H17NO. The summed E-state index contributed by atoms with van der Waals surface area (Å²) in [7, 11) is 0. The molecule has 84 valence electrons. The molecule has 0 radical (unpaired) electrons. The lowest BCUT2D eigenvalue weighted by Gasteiger charge is -2.00. The second-order valence-electron chi connectivity index (χ2n) is 4.18. The molecule has 16 heavy (non-hydrogen) atoms. The number of H-pyrrole nitrogens is 1. The first-order valence-corrected chi connectivity index (χ1v) is 5.80. The normalized spacial score (nSPS) is 10.9. The summed E-state index contributed by atoms with van der Waals surface area (Å²) in [6.45, 7) is 3.81. The van der Waals surface area contributed by atoms with Gasteiger partial charge in [0.1, 0.15) is 5.78 Å². The van der Waals surface area contributed by atoms with Crippen molar-refractivity contribution in [3.63, 3.8) is 0 Å². The Morgan fingerprint density at radius 3 is 2.75 bits per heavy atom. The molecule has 1 heterocycles. The van der Waals surface area contributed by atoms with Crippen LogP contribution in [0.4, 0.5) is 0 Å². The Labute approximate surface area is 95.7 Å². The number of carbonyl (C=O) groups excluding carboxylic acids is 1. The number of hydrogen-bond donors (Lipinski definition) is 1. The van der Waals surface area contributed by atoms with E-state index in [0.717, 1.165) is 12.8 Å². The number of nitrogens with one attached hydrogen (secondary N) is 1. The molecule has 2 rings (SSSR count). The maximum absolute atomic E-state index is 11.0. The molecule has 0 aliphatic carbocycles. The maximum Gasteiger partial charge on any atom is 0.130 e. The topological polar surface area (TPSA) is 32.9 Å². The van der Waals surface area contributed by atoms with Crippen molar-refractivity contribution >= 4 is 16.7 Å². The number of para-hydroxylation sites is 1. The van der Waals surface area contributed by atoms with E-state index in [-0.39, 0.29) is 5.78 Å². The quantitative estimate of drug-likeness (QED) is 0.834. The van der Waals surface area contributed by atoms with Gasteiger partial charge >= 0.3 is 0 Å². The van der Waals surface area contributed by atoms with Gasteiger partial charge in [0.2, 0.25) is 0 Å². The van der Waals surface area contributed by atoms with Gasteiger partial charge in [-0.25, -0.2) is 0 Å². The van der Waals surface area contributed by atoms with E-state index in [1.54, 1.807) is 6.92 Å². The molecule has 1 aromatic carbocycles. The van der Waals surface area contributed by atoms with Crippen LogP contribution in [-0.4, -0.2) is 10.8 Å². The van der Waals surface area contributed by atoms with Gasteiger partial charge in [-0.1, -0.05) is 25.1 Å². The molecule has 0 saturated heterocycles. The zero-order valence-corrected chi connectivity index (χ0v) is 9.84. The van der Waals surface area contributed by atoms with E-state index in [1.807, 2.05) is 6.07 Å². The van der Waals surface area contributed by atoms with Crippen LogP contribution in [0.5, 0.6) is 0 Å². The number of Topliss-reactive ketones (excluding diaryl/α,β-unsaturated/α-hetero) is 1. The number of benzene rings is 1. The number of rotatable bonds is 4. The van der Waals surface area contributed by atoms with Crippen LogP contribution in [0.3, 0.4) is 0 Å². The van der Waals surface area contributed by atoms with Crippen LogP contribution in [0.15, 0.2) is 24.3 Å². The second kappa shape index (κ2) is 4.52. The molecule has 0 spiro atoms. The third kappa shape index (κ3) is 2.01. The number of aromatic nitrogens is 1. The van der Waals surface area contributed by atoms with Gasteiger partial charge in [0, 0.05) is 23.0 Å². The highest BCUT2D eigenvalue weighted by Gasteiger charge is 2.09. The highest BCUT2D eigenvalue weighted by molar-refractivity contribution is 5.85. The summed E-state index contributed by atoms with van der Waals surface area (Å²) < 4.78 is 0. The van der Waals surface area contributed by atoms with Crippen LogP contribution in [0.1, 0.15) is 31.5 Å². The molecule has 0 aliphatic heterocycles. The van der Waals surface area contributed by atoms with Crippen molar-refractivity contribution in [2.75, 3.05) is 0 Å². The Morgan fingerprint density at radius 2 is 2.06 bits per heavy atom. The first-order valence-electron chi connectivity index (χ1n) is 5.80. The minimum Gasteiger partial charge on any atom is -0.358 e. The molecule has 0 atom stereocenters. The molecule has 2 aromatic rings. The van der Waals surface area contributed by atoms with E-state index in [1.165, 1.54) is 22.2 Å². The standard InChI is InChI=1S/C14H17NO/c1-3-11-12-6-4-5-7-13(12)15-14(11)9-8-10(2)16/h4-7,15H,3,8-9H2,1-2H3. The van der Waals surface area contributed by atoms with Crippen molar-refractivity contribution in [2.45, 2.75) is 33.1 Å². The van der Waals surface area contributed by atoms with Gasteiger partial charge in [-0.3, -0.25) is 0 Å². The Kier molecular flexibility index (Phi) is 3.09. The van der Waals surface area contributed by atoms with Gasteiger partial charge in [-0.15, -0.1) is 0 Å². The average Bonchev–Trinajstić information content (AvgIpc) is 2.63. The van der Waals surface area contributed by atoms with Crippen molar-refractivity contribution in [1.29, 1.82) is 0 Å². The highest BCUT2D eigenvalue weighted by Crippen LogP contribution is 2.23. The van der Waals surface area contributed by atoms with Gasteiger partial charge in [0.25, 0.3) is 0 Å². The largest absolute Gasteiger partial charge is 0.358 e. The van der Waals surface area contributed by atoms with Crippen molar-refractivity contribution < 1.29 is 4.79 Å².